The minimum Gasteiger partial charge on any atom is -0.366 e. The number of fused-ring (bicyclic) bond motifs is 1. The van der Waals surface area contributed by atoms with Crippen molar-refractivity contribution in [3.63, 3.8) is 0 Å². The second-order valence-electron chi connectivity index (χ2n) is 7.79. The zero-order valence-corrected chi connectivity index (χ0v) is 19.0. The van der Waals surface area contributed by atoms with E-state index in [4.69, 9.17) is 4.98 Å². The molecule has 31 heavy (non-hydrogen) atoms. The molecule has 2 aromatic heterocycles. The molecule has 1 amide bonds. The van der Waals surface area contributed by atoms with Gasteiger partial charge in [-0.25, -0.2) is 14.4 Å². The molecule has 2 saturated heterocycles. The minimum absolute atomic E-state index is 0.0225. The molecule has 0 atom stereocenters. The van der Waals surface area contributed by atoms with Gasteiger partial charge < -0.3 is 14.7 Å². The molecular weight excluding hydrogens is 433 g/mol. The first-order valence-corrected chi connectivity index (χ1v) is 12.6. The van der Waals surface area contributed by atoms with Crippen molar-refractivity contribution in [2.24, 2.45) is 0 Å². The fraction of sp³-hybridized carbons (Fsp3) is 0.409. The van der Waals surface area contributed by atoms with Crippen molar-refractivity contribution in [2.75, 3.05) is 55.3 Å². The number of anilines is 2. The second-order valence-corrected chi connectivity index (χ2v) is 9.59. The molecule has 2 aliphatic rings. The summed E-state index contributed by atoms with van der Waals surface area (Å²) in [5, 5.41) is 1.71. The second kappa shape index (κ2) is 8.63. The number of carbonyl (C=O) groups excluding carboxylic acids is 1. The van der Waals surface area contributed by atoms with Crippen LogP contribution in [0.3, 0.4) is 0 Å². The van der Waals surface area contributed by atoms with E-state index < -0.39 is 0 Å². The summed E-state index contributed by atoms with van der Waals surface area (Å²) in [6.07, 6.45) is 4.31. The summed E-state index contributed by atoms with van der Waals surface area (Å²) in [5.74, 6) is 0.755. The van der Waals surface area contributed by atoms with Gasteiger partial charge in [-0.3, -0.25) is 4.79 Å². The van der Waals surface area contributed by atoms with Gasteiger partial charge in [-0.1, -0.05) is 23.9 Å². The Balaban J connectivity index is 1.37. The maximum absolute atomic E-state index is 14.1. The summed E-state index contributed by atoms with van der Waals surface area (Å²) >= 11 is 2.97. The molecule has 2 fully saturated rings. The Labute approximate surface area is 189 Å². The predicted octanol–water partition coefficient (Wildman–Crippen LogP) is 4.11. The Morgan fingerprint density at radius 1 is 1.03 bits per heavy atom. The first kappa shape index (κ1) is 20.5. The highest BCUT2D eigenvalue weighted by molar-refractivity contribution is 7.98. The van der Waals surface area contributed by atoms with Crippen molar-refractivity contribution >= 4 is 50.7 Å². The van der Waals surface area contributed by atoms with Crippen molar-refractivity contribution in [1.29, 1.82) is 0 Å². The van der Waals surface area contributed by atoms with Crippen molar-refractivity contribution in [3.8, 4) is 0 Å². The molecule has 4 heterocycles. The lowest BCUT2D eigenvalue weighted by Gasteiger charge is -2.36. The third kappa shape index (κ3) is 3.96. The normalized spacial score (nSPS) is 17.0. The number of aromatic nitrogens is 2. The van der Waals surface area contributed by atoms with Crippen LogP contribution in [0.25, 0.3) is 10.2 Å². The van der Waals surface area contributed by atoms with Crippen LogP contribution in [-0.2, 0) is 0 Å². The maximum Gasteiger partial charge on any atom is 0.264 e. The van der Waals surface area contributed by atoms with Gasteiger partial charge >= 0.3 is 0 Å². The summed E-state index contributed by atoms with van der Waals surface area (Å²) in [7, 11) is 0. The number of piperazine rings is 1. The SMILES string of the molecule is CSc1nc(N2CCCC2)c2cc(C(=O)N3CCN(c4ccccc4F)CC3)sc2n1. The molecule has 0 aliphatic carbocycles. The maximum atomic E-state index is 14.1. The number of para-hydroxylation sites is 1. The number of nitrogens with zero attached hydrogens (tertiary/aromatic N) is 5. The average molecular weight is 458 g/mol. The molecule has 0 spiro atoms. The van der Waals surface area contributed by atoms with Gasteiger partial charge in [0.25, 0.3) is 5.91 Å². The summed E-state index contributed by atoms with van der Waals surface area (Å²) in [6.45, 7) is 4.37. The first-order chi connectivity index (χ1) is 15.1. The van der Waals surface area contributed by atoms with E-state index in [1.54, 1.807) is 12.1 Å². The van der Waals surface area contributed by atoms with Crippen LogP contribution in [0.4, 0.5) is 15.9 Å². The fourth-order valence-corrected chi connectivity index (χ4v) is 5.68. The molecule has 5 rings (SSSR count). The van der Waals surface area contributed by atoms with E-state index >= 15 is 0 Å². The third-order valence-electron chi connectivity index (χ3n) is 5.91. The molecule has 6 nitrogen and oxygen atoms in total. The highest BCUT2D eigenvalue weighted by Gasteiger charge is 2.26. The van der Waals surface area contributed by atoms with Gasteiger partial charge in [0.15, 0.2) is 5.16 Å². The predicted molar refractivity (Wildman–Crippen MR) is 125 cm³/mol. The van der Waals surface area contributed by atoms with Gasteiger partial charge in [0.1, 0.15) is 16.5 Å². The highest BCUT2D eigenvalue weighted by atomic mass is 32.2. The Kier molecular flexibility index (Phi) is 5.71. The zero-order valence-electron chi connectivity index (χ0n) is 17.4. The number of amides is 1. The number of thiophene rings is 1. The summed E-state index contributed by atoms with van der Waals surface area (Å²) in [4.78, 5) is 30.4. The Morgan fingerprint density at radius 3 is 2.48 bits per heavy atom. The first-order valence-electron chi connectivity index (χ1n) is 10.5. The van der Waals surface area contributed by atoms with Crippen LogP contribution < -0.4 is 9.80 Å². The third-order valence-corrected chi connectivity index (χ3v) is 7.48. The van der Waals surface area contributed by atoms with E-state index in [1.165, 1.54) is 42.0 Å². The van der Waals surface area contributed by atoms with Crippen LogP contribution in [0, 0.1) is 5.82 Å². The molecule has 0 N–H and O–H groups in total. The van der Waals surface area contributed by atoms with Gasteiger partial charge in [-0.2, -0.15) is 0 Å². The van der Waals surface area contributed by atoms with Crippen LogP contribution in [-0.4, -0.2) is 66.3 Å². The average Bonchev–Trinajstić information content (AvgIpc) is 3.48. The molecule has 3 aromatic rings. The highest BCUT2D eigenvalue weighted by Crippen LogP contribution is 2.35. The van der Waals surface area contributed by atoms with Gasteiger partial charge in [0.2, 0.25) is 0 Å². The number of rotatable bonds is 4. The van der Waals surface area contributed by atoms with E-state index in [0.717, 1.165) is 34.3 Å². The van der Waals surface area contributed by atoms with E-state index in [-0.39, 0.29) is 11.7 Å². The van der Waals surface area contributed by atoms with Gasteiger partial charge in [-0.05, 0) is 37.3 Å². The fourth-order valence-electron chi connectivity index (χ4n) is 4.27. The van der Waals surface area contributed by atoms with E-state index in [2.05, 4.69) is 9.88 Å². The van der Waals surface area contributed by atoms with Gasteiger partial charge in [0, 0.05) is 39.3 Å². The van der Waals surface area contributed by atoms with Crippen LogP contribution in [0.1, 0.15) is 22.5 Å². The van der Waals surface area contributed by atoms with Crippen molar-refractivity contribution < 1.29 is 9.18 Å². The number of hydrogen-bond donors (Lipinski definition) is 0. The molecule has 0 bridgehead atoms. The summed E-state index contributed by atoms with van der Waals surface area (Å²) < 4.78 is 14.1. The van der Waals surface area contributed by atoms with E-state index in [9.17, 15) is 9.18 Å². The lowest BCUT2D eigenvalue weighted by Crippen LogP contribution is -2.48. The lowest BCUT2D eigenvalue weighted by molar-refractivity contribution is 0.0751. The van der Waals surface area contributed by atoms with Crippen LogP contribution in [0.5, 0.6) is 0 Å². The number of thioether (sulfide) groups is 1. The number of carbonyl (C=O) groups is 1. The minimum atomic E-state index is -0.218. The molecular formula is C22H24FN5OS2. The molecule has 0 saturated carbocycles. The molecule has 0 unspecified atom stereocenters. The number of benzene rings is 1. The molecule has 0 radical (unpaired) electrons. The van der Waals surface area contributed by atoms with E-state index in [0.29, 0.717) is 36.7 Å². The monoisotopic (exact) mass is 457 g/mol. The standard InChI is InChI=1S/C22H24FN5OS2/c1-30-22-24-19(27-8-4-5-9-27)15-14-18(31-20(15)25-22)21(29)28-12-10-26(11-13-28)17-7-3-2-6-16(17)23/h2-3,6-7,14H,4-5,8-13H2,1H3. The van der Waals surface area contributed by atoms with Crippen LogP contribution in [0.15, 0.2) is 35.5 Å². The topological polar surface area (TPSA) is 52.6 Å². The lowest BCUT2D eigenvalue weighted by atomic mass is 10.2. The van der Waals surface area contributed by atoms with E-state index in [1.807, 2.05) is 28.2 Å². The molecule has 162 valence electrons. The molecule has 9 heteroatoms. The van der Waals surface area contributed by atoms with Crippen LogP contribution >= 0.6 is 23.1 Å². The smallest absolute Gasteiger partial charge is 0.264 e. The van der Waals surface area contributed by atoms with Crippen molar-refractivity contribution in [2.45, 2.75) is 18.0 Å². The van der Waals surface area contributed by atoms with Crippen molar-refractivity contribution in [1.82, 2.24) is 14.9 Å². The number of halogens is 1. The molecule has 1 aromatic carbocycles. The zero-order chi connectivity index (χ0) is 21.4. The summed E-state index contributed by atoms with van der Waals surface area (Å²) in [5.41, 5.74) is 0.603. The van der Waals surface area contributed by atoms with Gasteiger partial charge in [0.05, 0.1) is 16.0 Å². The Morgan fingerprint density at radius 2 is 1.77 bits per heavy atom. The van der Waals surface area contributed by atoms with Crippen LogP contribution in [0.2, 0.25) is 0 Å². The Bertz CT molecular complexity index is 1110. The largest absolute Gasteiger partial charge is 0.366 e. The quantitative estimate of drug-likeness (QED) is 0.434. The Hall–Kier alpha value is -2.39. The molecule has 2 aliphatic heterocycles. The number of hydrogen-bond acceptors (Lipinski definition) is 7. The van der Waals surface area contributed by atoms with Gasteiger partial charge in [-0.15, -0.1) is 11.3 Å². The van der Waals surface area contributed by atoms with Crippen molar-refractivity contribution in [3.05, 3.63) is 41.0 Å². The summed E-state index contributed by atoms with van der Waals surface area (Å²) in [6, 6.07) is 8.77.